The third kappa shape index (κ3) is 4.83. The summed E-state index contributed by atoms with van der Waals surface area (Å²) in [6, 6.07) is 0.620. The molecule has 1 amide bonds. The number of amides is 1. The first-order chi connectivity index (χ1) is 9.53. The minimum atomic E-state index is -3.55. The van der Waals surface area contributed by atoms with Gasteiger partial charge >= 0.3 is 6.09 Å². The van der Waals surface area contributed by atoms with Crippen molar-refractivity contribution in [1.82, 2.24) is 9.99 Å². The maximum atomic E-state index is 11.4. The number of nitrogens with one attached hydrogen (secondary N) is 1. The average Bonchev–Trinajstić information content (AvgIpc) is 2.29. The highest BCUT2D eigenvalue weighted by atomic mass is 79.9. The first-order valence-corrected chi connectivity index (χ1v) is 8.41. The summed E-state index contributed by atoms with van der Waals surface area (Å²) in [5.74, 6) is 6.19. The molecule has 0 aliphatic rings. The summed E-state index contributed by atoms with van der Waals surface area (Å²) in [5.41, 5.74) is 0.364. The van der Waals surface area contributed by atoms with Gasteiger partial charge in [-0.1, -0.05) is 13.8 Å². The van der Waals surface area contributed by atoms with Crippen molar-refractivity contribution >= 4 is 37.7 Å². The lowest BCUT2D eigenvalue weighted by molar-refractivity contribution is 0.126. The molecule has 1 heterocycles. The summed E-state index contributed by atoms with van der Waals surface area (Å²) in [4.78, 5) is 15.2. The Balaban J connectivity index is 3.41. The van der Waals surface area contributed by atoms with Crippen LogP contribution in [-0.2, 0) is 10.0 Å². The molecule has 0 spiro atoms. The lowest BCUT2D eigenvalue weighted by Crippen LogP contribution is -2.42. The summed E-state index contributed by atoms with van der Waals surface area (Å²) in [5, 5.41) is 9.63. The van der Waals surface area contributed by atoms with Gasteiger partial charge < -0.3 is 5.11 Å². The molecule has 1 unspecified atom stereocenters. The first kappa shape index (κ1) is 17.7. The summed E-state index contributed by atoms with van der Waals surface area (Å²) < 4.78 is 25.7. The van der Waals surface area contributed by atoms with Gasteiger partial charge in [0.15, 0.2) is 0 Å². The maximum Gasteiger partial charge on any atom is 0.422 e. The monoisotopic (exact) mass is 379 g/mol. The number of pyridine rings is 1. The molecule has 0 saturated heterocycles. The van der Waals surface area contributed by atoms with E-state index in [0.29, 0.717) is 15.4 Å². The maximum absolute atomic E-state index is 11.4. The molecule has 21 heavy (non-hydrogen) atoms. The van der Waals surface area contributed by atoms with Gasteiger partial charge in [0, 0.05) is 16.6 Å². The molecule has 1 aromatic rings. The number of nitrogens with zero attached hydrogens (tertiary/aromatic N) is 2. The third-order valence-electron chi connectivity index (χ3n) is 2.49. The predicted molar refractivity (Wildman–Crippen MR) is 81.8 cm³/mol. The molecule has 117 valence electrons. The van der Waals surface area contributed by atoms with Crippen molar-refractivity contribution in [3.63, 3.8) is 0 Å². The van der Waals surface area contributed by atoms with E-state index in [1.165, 1.54) is 12.3 Å². The second-order valence-corrected chi connectivity index (χ2v) is 7.29. The van der Waals surface area contributed by atoms with Crippen molar-refractivity contribution in [3.8, 4) is 0 Å². The number of hydrogen-bond donors (Lipinski definition) is 3. The molecule has 0 saturated carbocycles. The SMILES string of the molecule is C[C](C)C(c1ncc(Br)cc1NS(C)(=O)=O)N(N)C(=O)O. The van der Waals surface area contributed by atoms with Crippen LogP contribution in [0.2, 0.25) is 0 Å². The molecule has 8 nitrogen and oxygen atoms in total. The van der Waals surface area contributed by atoms with Crippen molar-refractivity contribution < 1.29 is 18.3 Å². The Kier molecular flexibility index (Phi) is 5.54. The zero-order valence-corrected chi connectivity index (χ0v) is 14.1. The van der Waals surface area contributed by atoms with Crippen molar-refractivity contribution in [2.45, 2.75) is 19.9 Å². The second kappa shape index (κ2) is 6.58. The van der Waals surface area contributed by atoms with Crippen molar-refractivity contribution in [2.24, 2.45) is 5.84 Å². The van der Waals surface area contributed by atoms with Crippen LogP contribution in [0.25, 0.3) is 0 Å². The molecule has 1 radical (unpaired) electrons. The Bertz CT molecular complexity index is 635. The highest BCUT2D eigenvalue weighted by molar-refractivity contribution is 9.10. The van der Waals surface area contributed by atoms with Gasteiger partial charge in [0.05, 0.1) is 17.6 Å². The number of sulfonamides is 1. The van der Waals surface area contributed by atoms with Gasteiger partial charge in [-0.3, -0.25) is 9.71 Å². The van der Waals surface area contributed by atoms with E-state index in [9.17, 15) is 13.2 Å². The Labute approximate surface area is 131 Å². The summed E-state index contributed by atoms with van der Waals surface area (Å²) in [6.45, 7) is 3.36. The number of halogens is 1. The van der Waals surface area contributed by atoms with Crippen LogP contribution < -0.4 is 10.6 Å². The van der Waals surface area contributed by atoms with Gasteiger partial charge in [-0.05, 0) is 22.0 Å². The lowest BCUT2D eigenvalue weighted by atomic mass is 9.99. The number of anilines is 1. The largest absolute Gasteiger partial charge is 0.464 e. The van der Waals surface area contributed by atoms with E-state index in [1.807, 2.05) is 0 Å². The fraction of sp³-hybridized carbons (Fsp3) is 0.364. The van der Waals surface area contributed by atoms with Gasteiger partial charge in [-0.15, -0.1) is 0 Å². The van der Waals surface area contributed by atoms with E-state index in [-0.39, 0.29) is 11.4 Å². The first-order valence-electron chi connectivity index (χ1n) is 5.73. The molecule has 10 heteroatoms. The van der Waals surface area contributed by atoms with Crippen LogP contribution in [0.5, 0.6) is 0 Å². The zero-order chi connectivity index (χ0) is 16.4. The molecule has 0 aliphatic carbocycles. The van der Waals surface area contributed by atoms with Gasteiger partial charge in [0.25, 0.3) is 0 Å². The van der Waals surface area contributed by atoms with E-state index in [4.69, 9.17) is 10.9 Å². The van der Waals surface area contributed by atoms with Crippen molar-refractivity contribution in [3.05, 3.63) is 28.3 Å². The molecule has 0 bridgehead atoms. The minimum Gasteiger partial charge on any atom is -0.464 e. The molecule has 0 aliphatic heterocycles. The number of carbonyl (C=O) groups is 1. The van der Waals surface area contributed by atoms with Crippen LogP contribution in [0.4, 0.5) is 10.5 Å². The van der Waals surface area contributed by atoms with Crippen molar-refractivity contribution in [1.29, 1.82) is 0 Å². The molecule has 1 atom stereocenters. The van der Waals surface area contributed by atoms with E-state index in [1.54, 1.807) is 13.8 Å². The van der Waals surface area contributed by atoms with Crippen LogP contribution in [0.15, 0.2) is 16.7 Å². The van der Waals surface area contributed by atoms with Crippen LogP contribution in [0, 0.1) is 5.92 Å². The Morgan fingerprint density at radius 1 is 1.52 bits per heavy atom. The highest BCUT2D eigenvalue weighted by Crippen LogP contribution is 2.33. The Morgan fingerprint density at radius 3 is 2.52 bits per heavy atom. The summed E-state index contributed by atoms with van der Waals surface area (Å²) >= 11 is 3.19. The van der Waals surface area contributed by atoms with Gasteiger partial charge in [0.2, 0.25) is 10.0 Å². The molecular weight excluding hydrogens is 364 g/mol. The Hall–Kier alpha value is -1.39. The normalized spacial score (nSPS) is 13.0. The van der Waals surface area contributed by atoms with Crippen LogP contribution in [0.1, 0.15) is 25.6 Å². The Morgan fingerprint density at radius 2 is 2.10 bits per heavy atom. The number of nitrogens with two attached hydrogens (primary N) is 1. The van der Waals surface area contributed by atoms with Gasteiger partial charge in [-0.25, -0.2) is 24.1 Å². The number of aromatic nitrogens is 1. The quantitative estimate of drug-likeness (QED) is 0.406. The molecule has 1 aromatic heterocycles. The number of carboxylic acid groups (broad SMARTS) is 1. The third-order valence-corrected chi connectivity index (χ3v) is 3.51. The number of rotatable bonds is 5. The molecule has 4 N–H and O–H groups in total. The van der Waals surface area contributed by atoms with Gasteiger partial charge in [0.1, 0.15) is 6.04 Å². The van der Waals surface area contributed by atoms with Crippen LogP contribution in [-0.4, -0.2) is 35.9 Å². The zero-order valence-electron chi connectivity index (χ0n) is 11.7. The van der Waals surface area contributed by atoms with Gasteiger partial charge in [-0.2, -0.15) is 0 Å². The molecule has 1 rings (SSSR count). The van der Waals surface area contributed by atoms with Crippen molar-refractivity contribution in [2.75, 3.05) is 11.0 Å². The standard InChI is InChI=1S/C11H16BrN4O4S/c1-6(2)10(16(13)11(17)18)9-8(15-21(3,19)20)4-7(12)5-14-9/h4-5,10,15H,13H2,1-3H3,(H,17,18). The van der Waals surface area contributed by atoms with E-state index < -0.39 is 22.2 Å². The highest BCUT2D eigenvalue weighted by Gasteiger charge is 2.30. The average molecular weight is 380 g/mol. The number of hydrogen-bond acceptors (Lipinski definition) is 5. The summed E-state index contributed by atoms with van der Waals surface area (Å²) in [7, 11) is -3.55. The number of hydrazine groups is 1. The van der Waals surface area contributed by atoms with E-state index in [2.05, 4.69) is 25.6 Å². The minimum absolute atomic E-state index is 0.162. The fourth-order valence-electron chi connectivity index (χ4n) is 1.74. The van der Waals surface area contributed by atoms with Crippen LogP contribution >= 0.6 is 15.9 Å². The summed E-state index contributed by atoms with van der Waals surface area (Å²) in [6.07, 6.45) is 1.08. The lowest BCUT2D eigenvalue weighted by Gasteiger charge is -2.29. The molecular formula is C11H16BrN4O4S. The smallest absolute Gasteiger partial charge is 0.422 e. The topological polar surface area (TPSA) is 126 Å². The second-order valence-electron chi connectivity index (χ2n) is 4.63. The molecule has 0 fully saturated rings. The molecule has 0 aromatic carbocycles. The van der Waals surface area contributed by atoms with Crippen LogP contribution in [0.3, 0.4) is 0 Å². The van der Waals surface area contributed by atoms with E-state index >= 15 is 0 Å². The predicted octanol–water partition coefficient (Wildman–Crippen LogP) is 1.72. The van der Waals surface area contributed by atoms with E-state index in [0.717, 1.165) is 6.26 Å². The fourth-order valence-corrected chi connectivity index (χ4v) is 2.64.